The maximum absolute atomic E-state index is 5.88. The Morgan fingerprint density at radius 3 is 2.50 bits per heavy atom. The Morgan fingerprint density at radius 2 is 1.75 bits per heavy atom. The average Bonchev–Trinajstić information content (AvgIpc) is 2.45. The zero-order valence-electron chi connectivity index (χ0n) is 11.9. The third kappa shape index (κ3) is 4.01. The number of ether oxygens (including phenoxy) is 1. The van der Waals surface area contributed by atoms with Crippen LogP contribution in [0.2, 0.25) is 0 Å². The number of hydrogen-bond acceptors (Lipinski definition) is 2. The number of para-hydroxylation sites is 2. The van der Waals surface area contributed by atoms with Gasteiger partial charge in [-0.1, -0.05) is 44.2 Å². The Bertz CT molecular complexity index is 554. The summed E-state index contributed by atoms with van der Waals surface area (Å²) in [6.07, 6.45) is 0. The SMILES string of the molecule is CC(C)c1ccccc1OCCNc1ccccc1Br. The van der Waals surface area contributed by atoms with Gasteiger partial charge in [0.1, 0.15) is 12.4 Å². The number of hydrogen-bond donors (Lipinski definition) is 1. The van der Waals surface area contributed by atoms with Gasteiger partial charge in [-0.3, -0.25) is 0 Å². The fourth-order valence-corrected chi connectivity index (χ4v) is 2.47. The molecule has 0 spiro atoms. The van der Waals surface area contributed by atoms with E-state index in [9.17, 15) is 0 Å². The molecular weight excluding hydrogens is 314 g/mol. The molecule has 0 saturated carbocycles. The lowest BCUT2D eigenvalue weighted by atomic mass is 10.0. The maximum atomic E-state index is 5.88. The summed E-state index contributed by atoms with van der Waals surface area (Å²) in [4.78, 5) is 0. The molecule has 0 heterocycles. The van der Waals surface area contributed by atoms with E-state index in [1.807, 2.05) is 36.4 Å². The van der Waals surface area contributed by atoms with Crippen molar-refractivity contribution in [2.24, 2.45) is 0 Å². The minimum absolute atomic E-state index is 0.474. The third-order valence-corrected chi connectivity index (χ3v) is 3.78. The molecule has 0 aliphatic heterocycles. The molecule has 0 aliphatic carbocycles. The molecule has 20 heavy (non-hydrogen) atoms. The molecule has 0 radical (unpaired) electrons. The van der Waals surface area contributed by atoms with Crippen LogP contribution in [-0.4, -0.2) is 13.2 Å². The number of rotatable bonds is 6. The van der Waals surface area contributed by atoms with E-state index >= 15 is 0 Å². The van der Waals surface area contributed by atoms with E-state index in [0.717, 1.165) is 22.5 Å². The second-order valence-corrected chi connectivity index (χ2v) is 5.80. The van der Waals surface area contributed by atoms with E-state index in [2.05, 4.69) is 47.2 Å². The fourth-order valence-electron chi connectivity index (χ4n) is 2.04. The minimum Gasteiger partial charge on any atom is -0.491 e. The molecule has 0 saturated heterocycles. The van der Waals surface area contributed by atoms with Crippen molar-refractivity contribution in [1.82, 2.24) is 0 Å². The second-order valence-electron chi connectivity index (χ2n) is 4.95. The Labute approximate surface area is 129 Å². The first-order valence-electron chi connectivity index (χ1n) is 6.88. The largest absolute Gasteiger partial charge is 0.491 e. The van der Waals surface area contributed by atoms with Crippen LogP contribution in [0.5, 0.6) is 5.75 Å². The van der Waals surface area contributed by atoms with Crippen molar-refractivity contribution in [3.63, 3.8) is 0 Å². The van der Waals surface area contributed by atoms with Gasteiger partial charge in [0, 0.05) is 16.7 Å². The molecule has 0 fully saturated rings. The second kappa shape index (κ2) is 7.34. The summed E-state index contributed by atoms with van der Waals surface area (Å²) in [6, 6.07) is 16.3. The normalized spacial score (nSPS) is 10.6. The Morgan fingerprint density at radius 1 is 1.05 bits per heavy atom. The molecule has 2 rings (SSSR count). The Hall–Kier alpha value is -1.48. The van der Waals surface area contributed by atoms with Gasteiger partial charge in [0.2, 0.25) is 0 Å². The van der Waals surface area contributed by atoms with Crippen LogP contribution < -0.4 is 10.1 Å². The maximum Gasteiger partial charge on any atom is 0.122 e. The van der Waals surface area contributed by atoms with Gasteiger partial charge in [-0.15, -0.1) is 0 Å². The van der Waals surface area contributed by atoms with Crippen molar-refractivity contribution in [3.05, 3.63) is 58.6 Å². The molecule has 3 heteroatoms. The highest BCUT2D eigenvalue weighted by Gasteiger charge is 2.06. The summed E-state index contributed by atoms with van der Waals surface area (Å²) < 4.78 is 6.95. The van der Waals surface area contributed by atoms with Crippen molar-refractivity contribution >= 4 is 21.6 Å². The van der Waals surface area contributed by atoms with E-state index in [4.69, 9.17) is 4.74 Å². The first-order chi connectivity index (χ1) is 9.68. The Kier molecular flexibility index (Phi) is 5.48. The zero-order chi connectivity index (χ0) is 14.4. The van der Waals surface area contributed by atoms with E-state index in [-0.39, 0.29) is 0 Å². The molecular formula is C17H20BrNO. The van der Waals surface area contributed by atoms with E-state index in [1.54, 1.807) is 0 Å². The highest BCUT2D eigenvalue weighted by Crippen LogP contribution is 2.26. The van der Waals surface area contributed by atoms with Crippen LogP contribution in [0.3, 0.4) is 0 Å². The van der Waals surface area contributed by atoms with Crippen LogP contribution in [0.25, 0.3) is 0 Å². The van der Waals surface area contributed by atoms with Gasteiger partial charge in [-0.25, -0.2) is 0 Å². The zero-order valence-corrected chi connectivity index (χ0v) is 13.5. The lowest BCUT2D eigenvalue weighted by Crippen LogP contribution is -2.12. The molecule has 2 nitrogen and oxygen atoms in total. The van der Waals surface area contributed by atoms with Gasteiger partial charge < -0.3 is 10.1 Å². The smallest absolute Gasteiger partial charge is 0.122 e. The van der Waals surface area contributed by atoms with E-state index in [1.165, 1.54) is 5.56 Å². The topological polar surface area (TPSA) is 21.3 Å². The predicted octanol–water partition coefficient (Wildman–Crippen LogP) is 5.06. The van der Waals surface area contributed by atoms with Crippen LogP contribution in [0, 0.1) is 0 Å². The lowest BCUT2D eigenvalue weighted by molar-refractivity contribution is 0.328. The van der Waals surface area contributed by atoms with Crippen LogP contribution in [-0.2, 0) is 0 Å². The molecule has 0 bridgehead atoms. The van der Waals surface area contributed by atoms with Gasteiger partial charge in [-0.05, 0) is 45.6 Å². The number of anilines is 1. The molecule has 2 aromatic carbocycles. The summed E-state index contributed by atoms with van der Waals surface area (Å²) in [5, 5.41) is 3.36. The molecule has 1 N–H and O–H groups in total. The molecule has 2 aromatic rings. The number of benzene rings is 2. The third-order valence-electron chi connectivity index (χ3n) is 3.09. The molecule has 0 unspecified atom stereocenters. The van der Waals surface area contributed by atoms with Crippen LogP contribution in [0.1, 0.15) is 25.3 Å². The van der Waals surface area contributed by atoms with Gasteiger partial charge in [0.15, 0.2) is 0 Å². The standard InChI is InChI=1S/C17H20BrNO/c1-13(2)14-7-3-6-10-17(14)20-12-11-19-16-9-5-4-8-15(16)18/h3-10,13,19H,11-12H2,1-2H3. The summed E-state index contributed by atoms with van der Waals surface area (Å²) in [5.74, 6) is 1.46. The van der Waals surface area contributed by atoms with Crippen molar-refractivity contribution < 1.29 is 4.74 Å². The predicted molar refractivity (Wildman–Crippen MR) is 88.7 cm³/mol. The summed E-state index contributed by atoms with van der Waals surface area (Å²) in [7, 11) is 0. The van der Waals surface area contributed by atoms with Crippen LogP contribution in [0.4, 0.5) is 5.69 Å². The minimum atomic E-state index is 0.474. The van der Waals surface area contributed by atoms with Gasteiger partial charge in [0.05, 0.1) is 0 Å². The van der Waals surface area contributed by atoms with Crippen molar-refractivity contribution in [3.8, 4) is 5.75 Å². The monoisotopic (exact) mass is 333 g/mol. The van der Waals surface area contributed by atoms with E-state index < -0.39 is 0 Å². The van der Waals surface area contributed by atoms with Crippen molar-refractivity contribution in [1.29, 1.82) is 0 Å². The first kappa shape index (κ1) is 14.9. The van der Waals surface area contributed by atoms with Gasteiger partial charge >= 0.3 is 0 Å². The fraction of sp³-hybridized carbons (Fsp3) is 0.294. The summed E-state index contributed by atoms with van der Waals surface area (Å²) in [6.45, 7) is 5.78. The highest BCUT2D eigenvalue weighted by molar-refractivity contribution is 9.10. The summed E-state index contributed by atoms with van der Waals surface area (Å²) in [5.41, 5.74) is 2.35. The van der Waals surface area contributed by atoms with Crippen LogP contribution >= 0.6 is 15.9 Å². The number of halogens is 1. The first-order valence-corrected chi connectivity index (χ1v) is 7.68. The quantitative estimate of drug-likeness (QED) is 0.745. The van der Waals surface area contributed by atoms with E-state index in [0.29, 0.717) is 12.5 Å². The molecule has 0 aromatic heterocycles. The molecule has 0 atom stereocenters. The van der Waals surface area contributed by atoms with Crippen molar-refractivity contribution in [2.75, 3.05) is 18.5 Å². The number of nitrogens with one attached hydrogen (secondary N) is 1. The lowest BCUT2D eigenvalue weighted by Gasteiger charge is -2.14. The molecule has 0 amide bonds. The Balaban J connectivity index is 1.86. The highest BCUT2D eigenvalue weighted by atomic mass is 79.9. The average molecular weight is 334 g/mol. The molecule has 0 aliphatic rings. The van der Waals surface area contributed by atoms with Gasteiger partial charge in [-0.2, -0.15) is 0 Å². The van der Waals surface area contributed by atoms with Gasteiger partial charge in [0.25, 0.3) is 0 Å². The van der Waals surface area contributed by atoms with Crippen molar-refractivity contribution in [2.45, 2.75) is 19.8 Å². The van der Waals surface area contributed by atoms with Crippen LogP contribution in [0.15, 0.2) is 53.0 Å². The summed E-state index contributed by atoms with van der Waals surface area (Å²) >= 11 is 3.52. The molecule has 106 valence electrons.